The summed E-state index contributed by atoms with van der Waals surface area (Å²) in [6.45, 7) is 2.72. The second kappa shape index (κ2) is 4.66. The second-order valence-corrected chi connectivity index (χ2v) is 2.49. The lowest BCUT2D eigenvalue weighted by Gasteiger charge is -2.06. The molecule has 0 amide bonds. The van der Waals surface area contributed by atoms with Crippen LogP contribution in [0.4, 0.5) is 0 Å². The molecule has 0 aliphatic carbocycles. The zero-order valence-corrected chi connectivity index (χ0v) is 7.00. The van der Waals surface area contributed by atoms with Crippen molar-refractivity contribution in [1.82, 2.24) is 15.3 Å². The highest BCUT2D eigenvalue weighted by atomic mass is 16.1. The maximum absolute atomic E-state index is 10.4. The molecule has 1 aromatic heterocycles. The van der Waals surface area contributed by atoms with Crippen molar-refractivity contribution < 1.29 is 4.79 Å². The van der Waals surface area contributed by atoms with E-state index < -0.39 is 0 Å². The molecule has 65 valence electrons. The molecule has 4 heteroatoms. The first kappa shape index (κ1) is 8.93. The number of nitrogens with one attached hydrogen (secondary N) is 2. The zero-order valence-electron chi connectivity index (χ0n) is 7.00. The number of carbonyl (C=O) groups excluding carboxylic acids is 1. The molecule has 0 spiro atoms. The maximum Gasteiger partial charge on any atom is 0.217 e. The van der Waals surface area contributed by atoms with Crippen molar-refractivity contribution in [3.05, 3.63) is 18.2 Å². The van der Waals surface area contributed by atoms with Gasteiger partial charge in [0.15, 0.2) is 0 Å². The maximum atomic E-state index is 10.4. The minimum Gasteiger partial charge on any atom is -0.351 e. The van der Waals surface area contributed by atoms with Crippen LogP contribution in [0.1, 0.15) is 12.6 Å². The minimum atomic E-state index is -0.238. The molecule has 0 aromatic carbocycles. The lowest BCUT2D eigenvalue weighted by molar-refractivity contribution is 0.516. The third-order valence-corrected chi connectivity index (χ3v) is 1.56. The molecule has 0 unspecified atom stereocenters. The molecule has 1 radical (unpaired) electrons. The Morgan fingerprint density at radius 3 is 3.17 bits per heavy atom. The molecule has 2 N–H and O–H groups in total. The summed E-state index contributed by atoms with van der Waals surface area (Å²) in [5, 5.41) is 2.99. The zero-order chi connectivity index (χ0) is 8.81. The van der Waals surface area contributed by atoms with E-state index in [2.05, 4.69) is 15.3 Å². The van der Waals surface area contributed by atoms with Gasteiger partial charge in [-0.1, -0.05) is 6.92 Å². The standard InChI is InChI=1S/C8H12N3O/c1-2-10-8(5-12)3-7-4-9-6-11-7/h4,6,8,10H,2-3H2,1H3,(H,9,11)/t8-/m0/s1. The predicted molar refractivity (Wildman–Crippen MR) is 45.4 cm³/mol. The van der Waals surface area contributed by atoms with Gasteiger partial charge < -0.3 is 10.3 Å². The monoisotopic (exact) mass is 166 g/mol. The van der Waals surface area contributed by atoms with Gasteiger partial charge in [0, 0.05) is 12.6 Å². The quantitative estimate of drug-likeness (QED) is 0.649. The third-order valence-electron chi connectivity index (χ3n) is 1.56. The van der Waals surface area contributed by atoms with Gasteiger partial charge in [0.2, 0.25) is 6.29 Å². The molecule has 0 bridgehead atoms. The lowest BCUT2D eigenvalue weighted by atomic mass is 10.2. The summed E-state index contributed by atoms with van der Waals surface area (Å²) in [5.41, 5.74) is 0.879. The van der Waals surface area contributed by atoms with Crippen LogP contribution >= 0.6 is 0 Å². The molecule has 0 fully saturated rings. The number of aromatic amines is 1. The highest BCUT2D eigenvalue weighted by molar-refractivity contribution is 5.59. The first-order valence-corrected chi connectivity index (χ1v) is 3.95. The molecular weight excluding hydrogens is 154 g/mol. The van der Waals surface area contributed by atoms with Gasteiger partial charge in [0.05, 0.1) is 18.1 Å². The summed E-state index contributed by atoms with van der Waals surface area (Å²) in [6.07, 6.45) is 5.90. The summed E-state index contributed by atoms with van der Waals surface area (Å²) in [4.78, 5) is 17.2. The average Bonchev–Trinajstić information content (AvgIpc) is 2.56. The molecule has 1 rings (SSSR count). The Morgan fingerprint density at radius 2 is 2.67 bits per heavy atom. The fourth-order valence-corrected chi connectivity index (χ4v) is 1.01. The van der Waals surface area contributed by atoms with Crippen LogP contribution in [0.15, 0.2) is 12.5 Å². The Hall–Kier alpha value is -1.16. The van der Waals surface area contributed by atoms with Crippen LogP contribution in [0.2, 0.25) is 0 Å². The van der Waals surface area contributed by atoms with Crippen molar-refractivity contribution in [3.8, 4) is 0 Å². The normalized spacial score (nSPS) is 12.8. The van der Waals surface area contributed by atoms with E-state index in [0.29, 0.717) is 6.42 Å². The first-order chi connectivity index (χ1) is 5.86. The molecule has 12 heavy (non-hydrogen) atoms. The highest BCUT2D eigenvalue weighted by Gasteiger charge is 2.08. The fraction of sp³-hybridized carbons (Fsp3) is 0.500. The van der Waals surface area contributed by atoms with Gasteiger partial charge in [-0.25, -0.2) is 4.98 Å². The van der Waals surface area contributed by atoms with Gasteiger partial charge in [-0.15, -0.1) is 0 Å². The van der Waals surface area contributed by atoms with E-state index in [1.54, 1.807) is 12.5 Å². The molecule has 0 saturated heterocycles. The molecule has 4 nitrogen and oxygen atoms in total. The van der Waals surface area contributed by atoms with Crippen LogP contribution in [0.5, 0.6) is 0 Å². The van der Waals surface area contributed by atoms with Crippen LogP contribution in [-0.2, 0) is 11.2 Å². The van der Waals surface area contributed by atoms with Gasteiger partial charge in [0.25, 0.3) is 0 Å². The number of aromatic nitrogens is 2. The molecule has 0 aliphatic rings. The van der Waals surface area contributed by atoms with Crippen molar-refractivity contribution in [1.29, 1.82) is 0 Å². The number of H-pyrrole nitrogens is 1. The van der Waals surface area contributed by atoms with Crippen LogP contribution < -0.4 is 5.32 Å². The van der Waals surface area contributed by atoms with Crippen molar-refractivity contribution in [3.63, 3.8) is 0 Å². The number of hydrogen-bond acceptors (Lipinski definition) is 3. The largest absolute Gasteiger partial charge is 0.351 e. The van der Waals surface area contributed by atoms with Gasteiger partial charge in [-0.05, 0) is 6.54 Å². The summed E-state index contributed by atoms with van der Waals surface area (Å²) >= 11 is 0. The highest BCUT2D eigenvalue weighted by Crippen LogP contribution is 1.95. The van der Waals surface area contributed by atoms with Crippen molar-refractivity contribution in [2.45, 2.75) is 19.4 Å². The Labute approximate surface area is 71.4 Å². The van der Waals surface area contributed by atoms with E-state index in [-0.39, 0.29) is 6.04 Å². The van der Waals surface area contributed by atoms with Crippen LogP contribution in [0.25, 0.3) is 0 Å². The Morgan fingerprint density at radius 1 is 1.83 bits per heavy atom. The molecule has 1 heterocycles. The smallest absolute Gasteiger partial charge is 0.217 e. The summed E-state index contributed by atoms with van der Waals surface area (Å²) in [7, 11) is 0. The van der Waals surface area contributed by atoms with Gasteiger partial charge in [-0.3, -0.25) is 4.79 Å². The third kappa shape index (κ3) is 2.47. The van der Waals surface area contributed by atoms with Crippen LogP contribution in [0, 0.1) is 0 Å². The fourth-order valence-electron chi connectivity index (χ4n) is 1.01. The number of hydrogen-bond donors (Lipinski definition) is 2. The van der Waals surface area contributed by atoms with Crippen molar-refractivity contribution >= 4 is 6.29 Å². The van der Waals surface area contributed by atoms with E-state index in [1.165, 1.54) is 0 Å². The Kier molecular flexibility index (Phi) is 3.47. The number of rotatable bonds is 5. The van der Waals surface area contributed by atoms with Crippen molar-refractivity contribution in [2.75, 3.05) is 6.54 Å². The first-order valence-electron chi connectivity index (χ1n) is 3.95. The van der Waals surface area contributed by atoms with E-state index >= 15 is 0 Å². The van der Waals surface area contributed by atoms with Crippen LogP contribution in [0.3, 0.4) is 0 Å². The second-order valence-electron chi connectivity index (χ2n) is 2.49. The Balaban J connectivity index is 2.42. The molecular formula is C8H12N3O. The van der Waals surface area contributed by atoms with Crippen molar-refractivity contribution in [2.24, 2.45) is 0 Å². The lowest BCUT2D eigenvalue weighted by Crippen LogP contribution is -2.32. The SMILES string of the molecule is CCN[C@H]([C]=O)Cc1c[nH]cn1. The number of likely N-dealkylation sites (N-methyl/N-ethyl adjacent to an activating group) is 1. The van der Waals surface area contributed by atoms with Gasteiger partial charge >= 0.3 is 0 Å². The van der Waals surface area contributed by atoms with E-state index in [0.717, 1.165) is 12.2 Å². The average molecular weight is 166 g/mol. The minimum absolute atomic E-state index is 0.238. The molecule has 0 aliphatic heterocycles. The summed E-state index contributed by atoms with van der Waals surface area (Å²) < 4.78 is 0. The molecule has 0 saturated carbocycles. The number of imidazole rings is 1. The van der Waals surface area contributed by atoms with Gasteiger partial charge in [-0.2, -0.15) is 0 Å². The van der Waals surface area contributed by atoms with Crippen LogP contribution in [-0.4, -0.2) is 28.8 Å². The topological polar surface area (TPSA) is 57.8 Å². The van der Waals surface area contributed by atoms with E-state index in [4.69, 9.17) is 0 Å². The summed E-state index contributed by atoms with van der Waals surface area (Å²) in [6, 6.07) is -0.238. The molecule has 1 atom stereocenters. The summed E-state index contributed by atoms with van der Waals surface area (Å²) in [5.74, 6) is 0. The Bertz CT molecular complexity index is 220. The molecule has 1 aromatic rings. The van der Waals surface area contributed by atoms with E-state index in [9.17, 15) is 4.79 Å². The van der Waals surface area contributed by atoms with Gasteiger partial charge in [0.1, 0.15) is 0 Å². The predicted octanol–water partition coefficient (Wildman–Crippen LogP) is 0.0400. The number of nitrogens with zero attached hydrogens (tertiary/aromatic N) is 1. The van der Waals surface area contributed by atoms with E-state index in [1.807, 2.05) is 13.2 Å².